The summed E-state index contributed by atoms with van der Waals surface area (Å²) in [7, 11) is -0.297. The zero-order chi connectivity index (χ0) is 13.5. The van der Waals surface area contributed by atoms with Gasteiger partial charge in [-0.2, -0.15) is 12.7 Å². The monoisotopic (exact) mass is 269 g/mol. The number of benzene rings is 1. The van der Waals surface area contributed by atoms with Crippen molar-refractivity contribution in [2.75, 3.05) is 24.9 Å². The van der Waals surface area contributed by atoms with Crippen LogP contribution in [0.2, 0.25) is 0 Å². The summed E-state index contributed by atoms with van der Waals surface area (Å²) in [6.45, 7) is 2.42. The van der Waals surface area contributed by atoms with Crippen LogP contribution in [0.15, 0.2) is 18.2 Å². The third-order valence-corrected chi connectivity index (χ3v) is 5.08. The van der Waals surface area contributed by atoms with Gasteiger partial charge >= 0.3 is 10.2 Å². The first-order chi connectivity index (χ1) is 8.34. The van der Waals surface area contributed by atoms with Crippen molar-refractivity contribution >= 4 is 15.9 Å². The van der Waals surface area contributed by atoms with E-state index in [4.69, 9.17) is 5.73 Å². The Morgan fingerprint density at radius 3 is 2.61 bits per heavy atom. The number of nitrogens with two attached hydrogens (primary N) is 1. The van der Waals surface area contributed by atoms with Gasteiger partial charge < -0.3 is 5.73 Å². The Hall–Kier alpha value is -1.11. The SMILES string of the molecule is CC(N)c1ccc2c(c1)CCN2S(=O)(=O)N(C)C. The quantitative estimate of drug-likeness (QED) is 0.885. The van der Waals surface area contributed by atoms with Gasteiger partial charge in [0.1, 0.15) is 0 Å². The topological polar surface area (TPSA) is 66.6 Å². The van der Waals surface area contributed by atoms with E-state index >= 15 is 0 Å². The highest BCUT2D eigenvalue weighted by atomic mass is 32.2. The molecule has 0 amide bonds. The average Bonchev–Trinajstić information content (AvgIpc) is 2.71. The molecule has 0 aromatic heterocycles. The average molecular weight is 269 g/mol. The van der Waals surface area contributed by atoms with Gasteiger partial charge in [-0.1, -0.05) is 12.1 Å². The molecule has 1 aliphatic rings. The molecule has 0 spiro atoms. The molecule has 5 nitrogen and oxygen atoms in total. The zero-order valence-electron chi connectivity index (χ0n) is 10.9. The van der Waals surface area contributed by atoms with E-state index in [9.17, 15) is 8.42 Å². The molecule has 1 unspecified atom stereocenters. The highest BCUT2D eigenvalue weighted by Crippen LogP contribution is 2.32. The highest BCUT2D eigenvalue weighted by molar-refractivity contribution is 7.90. The highest BCUT2D eigenvalue weighted by Gasteiger charge is 2.31. The minimum atomic E-state index is -3.39. The number of hydrogen-bond acceptors (Lipinski definition) is 3. The summed E-state index contributed by atoms with van der Waals surface area (Å²) in [6, 6.07) is 5.72. The first-order valence-corrected chi connectivity index (χ1v) is 7.32. The molecule has 0 fully saturated rings. The van der Waals surface area contributed by atoms with E-state index in [0.717, 1.165) is 23.2 Å². The molecule has 100 valence electrons. The normalized spacial score (nSPS) is 17.1. The molecule has 0 radical (unpaired) electrons. The van der Waals surface area contributed by atoms with Crippen molar-refractivity contribution in [2.45, 2.75) is 19.4 Å². The minimum absolute atomic E-state index is 0.0326. The third-order valence-electron chi connectivity index (χ3n) is 3.22. The smallest absolute Gasteiger partial charge is 0.303 e. The van der Waals surface area contributed by atoms with Gasteiger partial charge in [-0.15, -0.1) is 0 Å². The maximum Gasteiger partial charge on any atom is 0.303 e. The standard InChI is InChI=1S/C12H19N3O2S/c1-9(13)10-4-5-12-11(8-10)6-7-15(12)18(16,17)14(2)3/h4-5,8-9H,6-7,13H2,1-3H3. The molecule has 1 aliphatic heterocycles. The molecule has 1 aromatic carbocycles. The molecule has 0 aliphatic carbocycles. The van der Waals surface area contributed by atoms with Gasteiger partial charge in [0.2, 0.25) is 0 Å². The maximum atomic E-state index is 12.1. The predicted molar refractivity (Wildman–Crippen MR) is 72.7 cm³/mol. The van der Waals surface area contributed by atoms with Crippen LogP contribution in [0.3, 0.4) is 0 Å². The van der Waals surface area contributed by atoms with E-state index in [1.54, 1.807) is 14.1 Å². The number of nitrogens with zero attached hydrogens (tertiary/aromatic N) is 2. The van der Waals surface area contributed by atoms with Crippen LogP contribution < -0.4 is 10.0 Å². The van der Waals surface area contributed by atoms with Crippen molar-refractivity contribution in [1.82, 2.24) is 4.31 Å². The van der Waals surface area contributed by atoms with Gasteiger partial charge in [-0.3, -0.25) is 4.31 Å². The second kappa shape index (κ2) is 4.53. The Balaban J connectivity index is 2.41. The lowest BCUT2D eigenvalue weighted by atomic mass is 10.0. The second-order valence-corrected chi connectivity index (χ2v) is 6.86. The van der Waals surface area contributed by atoms with Crippen molar-refractivity contribution in [1.29, 1.82) is 0 Å². The molecule has 1 heterocycles. The van der Waals surface area contributed by atoms with Crippen LogP contribution in [-0.4, -0.2) is 33.4 Å². The molecule has 0 saturated carbocycles. The fourth-order valence-electron chi connectivity index (χ4n) is 2.11. The van der Waals surface area contributed by atoms with Gasteiger partial charge in [0.05, 0.1) is 5.69 Å². The largest absolute Gasteiger partial charge is 0.324 e. The summed E-state index contributed by atoms with van der Waals surface area (Å²) >= 11 is 0. The molecule has 1 aromatic rings. The van der Waals surface area contributed by atoms with Crippen LogP contribution in [0.4, 0.5) is 5.69 Å². The van der Waals surface area contributed by atoms with Crippen LogP contribution in [-0.2, 0) is 16.6 Å². The third kappa shape index (κ3) is 2.11. The van der Waals surface area contributed by atoms with Crippen LogP contribution in [0.5, 0.6) is 0 Å². The Kier molecular flexibility index (Phi) is 3.35. The molecule has 0 bridgehead atoms. The Labute approximate surface area is 108 Å². The van der Waals surface area contributed by atoms with E-state index in [0.29, 0.717) is 6.54 Å². The fourth-order valence-corrected chi connectivity index (χ4v) is 3.25. The summed E-state index contributed by atoms with van der Waals surface area (Å²) in [4.78, 5) is 0. The lowest BCUT2D eigenvalue weighted by Crippen LogP contribution is -2.38. The van der Waals surface area contributed by atoms with Crippen LogP contribution in [0, 0.1) is 0 Å². The van der Waals surface area contributed by atoms with Gasteiger partial charge in [0.15, 0.2) is 0 Å². The van der Waals surface area contributed by atoms with Crippen LogP contribution in [0.1, 0.15) is 24.1 Å². The lowest BCUT2D eigenvalue weighted by molar-refractivity contribution is 0.517. The Bertz CT molecular complexity index is 552. The van der Waals surface area contributed by atoms with Crippen molar-refractivity contribution in [2.24, 2.45) is 5.73 Å². The summed E-state index contributed by atoms with van der Waals surface area (Å²) in [6.07, 6.45) is 0.739. The number of anilines is 1. The van der Waals surface area contributed by atoms with Gasteiger partial charge in [0, 0.05) is 26.7 Å². The van der Waals surface area contributed by atoms with Gasteiger partial charge in [-0.05, 0) is 30.5 Å². The van der Waals surface area contributed by atoms with Crippen molar-refractivity contribution in [3.05, 3.63) is 29.3 Å². The summed E-state index contributed by atoms with van der Waals surface area (Å²) in [5.41, 5.74) is 8.70. The molecule has 18 heavy (non-hydrogen) atoms. The van der Waals surface area contributed by atoms with E-state index < -0.39 is 10.2 Å². The second-order valence-electron chi connectivity index (χ2n) is 4.79. The summed E-state index contributed by atoms with van der Waals surface area (Å²) in [5, 5.41) is 0. The number of rotatable bonds is 3. The van der Waals surface area contributed by atoms with Crippen LogP contribution in [0.25, 0.3) is 0 Å². The number of hydrogen-bond donors (Lipinski definition) is 1. The molecule has 1 atom stereocenters. The first-order valence-electron chi connectivity index (χ1n) is 5.92. The summed E-state index contributed by atoms with van der Waals surface area (Å²) < 4.78 is 27.0. The van der Waals surface area contributed by atoms with E-state index in [1.807, 2.05) is 25.1 Å². The number of fused-ring (bicyclic) bond motifs is 1. The fraction of sp³-hybridized carbons (Fsp3) is 0.500. The Morgan fingerprint density at radius 1 is 1.39 bits per heavy atom. The van der Waals surface area contributed by atoms with Crippen LogP contribution >= 0.6 is 0 Å². The first kappa shape index (κ1) is 13.3. The Morgan fingerprint density at radius 2 is 2.06 bits per heavy atom. The molecule has 2 N–H and O–H groups in total. The van der Waals surface area contributed by atoms with E-state index in [-0.39, 0.29) is 6.04 Å². The molecule has 2 rings (SSSR count). The predicted octanol–water partition coefficient (Wildman–Crippen LogP) is 0.875. The van der Waals surface area contributed by atoms with Crippen molar-refractivity contribution in [3.63, 3.8) is 0 Å². The van der Waals surface area contributed by atoms with Crippen molar-refractivity contribution < 1.29 is 8.42 Å². The van der Waals surface area contributed by atoms with E-state index in [1.165, 1.54) is 8.61 Å². The van der Waals surface area contributed by atoms with E-state index in [2.05, 4.69) is 0 Å². The molecular formula is C12H19N3O2S. The van der Waals surface area contributed by atoms with Gasteiger partial charge in [0.25, 0.3) is 0 Å². The molecular weight excluding hydrogens is 250 g/mol. The van der Waals surface area contributed by atoms with Gasteiger partial charge in [-0.25, -0.2) is 0 Å². The molecule has 0 saturated heterocycles. The zero-order valence-corrected chi connectivity index (χ0v) is 11.7. The summed E-state index contributed by atoms with van der Waals surface area (Å²) in [5.74, 6) is 0. The molecule has 6 heteroatoms. The maximum absolute atomic E-state index is 12.1. The minimum Gasteiger partial charge on any atom is -0.324 e. The van der Waals surface area contributed by atoms with Crippen molar-refractivity contribution in [3.8, 4) is 0 Å². The lowest BCUT2D eigenvalue weighted by Gasteiger charge is -2.23.